The molecule has 100 valence electrons. The van der Waals surface area contributed by atoms with Crippen LogP contribution in [0.15, 0.2) is 18.2 Å². The molecule has 0 radical (unpaired) electrons. The third kappa shape index (κ3) is 2.92. The van der Waals surface area contributed by atoms with Crippen LogP contribution in [-0.2, 0) is 6.42 Å². The van der Waals surface area contributed by atoms with Gasteiger partial charge in [0.15, 0.2) is 0 Å². The van der Waals surface area contributed by atoms with Crippen LogP contribution in [-0.4, -0.2) is 9.97 Å². The van der Waals surface area contributed by atoms with E-state index in [-0.39, 0.29) is 5.82 Å². The van der Waals surface area contributed by atoms with E-state index in [1.807, 2.05) is 20.8 Å². The molecule has 1 aromatic carbocycles. The van der Waals surface area contributed by atoms with Crippen molar-refractivity contribution in [2.24, 2.45) is 0 Å². The summed E-state index contributed by atoms with van der Waals surface area (Å²) in [6, 6.07) is 4.99. The lowest BCUT2D eigenvalue weighted by Gasteiger charge is -2.10. The van der Waals surface area contributed by atoms with Gasteiger partial charge in [-0.05, 0) is 32.4 Å². The highest BCUT2D eigenvalue weighted by Gasteiger charge is 2.14. The molecule has 2 nitrogen and oxygen atoms in total. The zero-order chi connectivity index (χ0) is 14.0. The predicted molar refractivity (Wildman–Crippen MR) is 75.9 cm³/mol. The average Bonchev–Trinajstić information content (AvgIpc) is 2.37. The molecule has 0 fully saturated rings. The molecule has 19 heavy (non-hydrogen) atoms. The van der Waals surface area contributed by atoms with Crippen LogP contribution < -0.4 is 0 Å². The number of benzene rings is 1. The number of rotatable bonds is 3. The van der Waals surface area contributed by atoms with Gasteiger partial charge < -0.3 is 0 Å². The first-order valence-electron chi connectivity index (χ1n) is 6.32. The fourth-order valence-electron chi connectivity index (χ4n) is 1.95. The maximum absolute atomic E-state index is 14.0. The summed E-state index contributed by atoms with van der Waals surface area (Å²) in [5, 5.41) is 0.398. The second-order valence-corrected chi connectivity index (χ2v) is 5.00. The Morgan fingerprint density at radius 1 is 1.21 bits per heavy atom. The Bertz CT molecular complexity index is 611. The molecule has 1 aromatic heterocycles. The topological polar surface area (TPSA) is 25.8 Å². The summed E-state index contributed by atoms with van der Waals surface area (Å²) in [6.07, 6.45) is 1.66. The molecule has 0 saturated heterocycles. The lowest BCUT2D eigenvalue weighted by atomic mass is 10.0. The molecule has 0 aliphatic heterocycles. The Balaban J connectivity index is 2.63. The molecule has 0 spiro atoms. The summed E-state index contributed by atoms with van der Waals surface area (Å²) in [7, 11) is 0. The molecule has 2 rings (SSSR count). The quantitative estimate of drug-likeness (QED) is 0.772. The van der Waals surface area contributed by atoms with Gasteiger partial charge in [-0.3, -0.25) is 0 Å². The van der Waals surface area contributed by atoms with Crippen molar-refractivity contribution in [2.45, 2.75) is 33.6 Å². The molecule has 0 aliphatic carbocycles. The van der Waals surface area contributed by atoms with E-state index in [1.165, 1.54) is 6.07 Å². The number of halogens is 2. The molecule has 0 saturated carbocycles. The summed E-state index contributed by atoms with van der Waals surface area (Å²) in [4.78, 5) is 8.69. The third-order valence-corrected chi connectivity index (χ3v) is 3.35. The number of hydrogen-bond donors (Lipinski definition) is 0. The monoisotopic (exact) mass is 278 g/mol. The minimum absolute atomic E-state index is 0.286. The molecule has 2 aromatic rings. The van der Waals surface area contributed by atoms with Gasteiger partial charge >= 0.3 is 0 Å². The molecule has 0 amide bonds. The van der Waals surface area contributed by atoms with Crippen LogP contribution in [0.2, 0.25) is 5.15 Å². The highest BCUT2D eigenvalue weighted by atomic mass is 35.5. The number of nitrogens with zero attached hydrogens (tertiary/aromatic N) is 2. The van der Waals surface area contributed by atoms with Gasteiger partial charge in [-0.25, -0.2) is 14.4 Å². The summed E-state index contributed by atoms with van der Waals surface area (Å²) in [5.41, 5.74) is 2.78. The van der Waals surface area contributed by atoms with Gasteiger partial charge in [0.2, 0.25) is 0 Å². The first kappa shape index (κ1) is 13.9. The van der Waals surface area contributed by atoms with E-state index in [9.17, 15) is 4.39 Å². The maximum atomic E-state index is 14.0. The van der Waals surface area contributed by atoms with E-state index in [1.54, 1.807) is 12.1 Å². The Labute approximate surface area is 117 Å². The van der Waals surface area contributed by atoms with E-state index in [4.69, 9.17) is 11.6 Å². The lowest BCUT2D eigenvalue weighted by molar-refractivity contribution is 0.630. The van der Waals surface area contributed by atoms with Gasteiger partial charge in [-0.1, -0.05) is 30.2 Å². The molecule has 0 atom stereocenters. The normalized spacial score (nSPS) is 10.8. The second-order valence-electron chi connectivity index (χ2n) is 4.64. The smallest absolute Gasteiger partial charge is 0.136 e. The van der Waals surface area contributed by atoms with Crippen LogP contribution in [0.3, 0.4) is 0 Å². The molecule has 0 N–H and O–H groups in total. The van der Waals surface area contributed by atoms with E-state index in [0.717, 1.165) is 18.4 Å². The molecular formula is C15H16ClFN2. The average molecular weight is 279 g/mol. The fourth-order valence-corrected chi connectivity index (χ4v) is 2.14. The molecular weight excluding hydrogens is 263 g/mol. The van der Waals surface area contributed by atoms with E-state index >= 15 is 0 Å². The largest absolute Gasteiger partial charge is 0.232 e. The zero-order valence-electron chi connectivity index (χ0n) is 11.3. The van der Waals surface area contributed by atoms with Gasteiger partial charge in [0.25, 0.3) is 0 Å². The van der Waals surface area contributed by atoms with Crippen molar-refractivity contribution in [3.8, 4) is 11.3 Å². The van der Waals surface area contributed by atoms with Crippen molar-refractivity contribution in [3.63, 3.8) is 0 Å². The Morgan fingerprint density at radius 2 is 1.95 bits per heavy atom. The SMILES string of the molecule is CCCc1nc(Cl)c(C)c(-c2cc(C)ccc2F)n1. The molecule has 0 unspecified atom stereocenters. The van der Waals surface area contributed by atoms with Crippen molar-refractivity contribution < 1.29 is 4.39 Å². The van der Waals surface area contributed by atoms with Crippen molar-refractivity contribution in [2.75, 3.05) is 0 Å². The first-order valence-corrected chi connectivity index (χ1v) is 6.70. The van der Waals surface area contributed by atoms with E-state index in [0.29, 0.717) is 27.8 Å². The van der Waals surface area contributed by atoms with Crippen LogP contribution in [0, 0.1) is 19.7 Å². The van der Waals surface area contributed by atoms with Gasteiger partial charge in [0, 0.05) is 17.5 Å². The summed E-state index contributed by atoms with van der Waals surface area (Å²) >= 11 is 6.12. The number of aryl methyl sites for hydroxylation is 2. The first-order chi connectivity index (χ1) is 9.02. The highest BCUT2D eigenvalue weighted by Crippen LogP contribution is 2.28. The summed E-state index contributed by atoms with van der Waals surface area (Å²) in [6.45, 7) is 5.78. The molecule has 0 bridgehead atoms. The van der Waals surface area contributed by atoms with Crippen molar-refractivity contribution in [1.29, 1.82) is 0 Å². The highest BCUT2D eigenvalue weighted by molar-refractivity contribution is 6.30. The zero-order valence-corrected chi connectivity index (χ0v) is 12.1. The van der Waals surface area contributed by atoms with Crippen LogP contribution in [0.4, 0.5) is 4.39 Å². The molecule has 4 heteroatoms. The Morgan fingerprint density at radius 3 is 2.63 bits per heavy atom. The predicted octanol–water partition coefficient (Wildman–Crippen LogP) is 4.51. The van der Waals surface area contributed by atoms with Crippen LogP contribution in [0.1, 0.15) is 30.3 Å². The maximum Gasteiger partial charge on any atom is 0.136 e. The standard InChI is InChI=1S/C15H16ClFN2/c1-4-5-13-18-14(10(3)15(16)19-13)11-8-9(2)6-7-12(11)17/h6-8H,4-5H2,1-3H3. The number of hydrogen-bond acceptors (Lipinski definition) is 2. The van der Waals surface area contributed by atoms with Gasteiger partial charge in [0.1, 0.15) is 16.8 Å². The van der Waals surface area contributed by atoms with Crippen molar-refractivity contribution in [1.82, 2.24) is 9.97 Å². The van der Waals surface area contributed by atoms with Crippen LogP contribution >= 0.6 is 11.6 Å². The minimum Gasteiger partial charge on any atom is -0.232 e. The van der Waals surface area contributed by atoms with Gasteiger partial charge in [0.05, 0.1) is 5.69 Å². The molecule has 1 heterocycles. The third-order valence-electron chi connectivity index (χ3n) is 2.98. The van der Waals surface area contributed by atoms with E-state index in [2.05, 4.69) is 9.97 Å². The van der Waals surface area contributed by atoms with Crippen molar-refractivity contribution >= 4 is 11.6 Å². The Hall–Kier alpha value is -1.48. The van der Waals surface area contributed by atoms with Crippen LogP contribution in [0.5, 0.6) is 0 Å². The van der Waals surface area contributed by atoms with Crippen molar-refractivity contribution in [3.05, 3.63) is 46.1 Å². The van der Waals surface area contributed by atoms with E-state index < -0.39 is 0 Å². The minimum atomic E-state index is -0.286. The Kier molecular flexibility index (Phi) is 4.15. The van der Waals surface area contributed by atoms with Gasteiger partial charge in [-0.2, -0.15) is 0 Å². The van der Waals surface area contributed by atoms with Gasteiger partial charge in [-0.15, -0.1) is 0 Å². The second kappa shape index (κ2) is 5.66. The lowest BCUT2D eigenvalue weighted by Crippen LogP contribution is -2.02. The van der Waals surface area contributed by atoms with Crippen LogP contribution in [0.25, 0.3) is 11.3 Å². The number of aromatic nitrogens is 2. The summed E-state index contributed by atoms with van der Waals surface area (Å²) in [5.74, 6) is 0.375. The molecule has 0 aliphatic rings. The summed E-state index contributed by atoms with van der Waals surface area (Å²) < 4.78 is 14.0. The fraction of sp³-hybridized carbons (Fsp3) is 0.333.